The maximum Gasteiger partial charge on any atom is 0.248 e. The van der Waals surface area contributed by atoms with Gasteiger partial charge in [-0.25, -0.2) is 0 Å². The average Bonchev–Trinajstić information content (AvgIpc) is 2.66. The highest BCUT2D eigenvalue weighted by Crippen LogP contribution is 2.30. The summed E-state index contributed by atoms with van der Waals surface area (Å²) in [6.07, 6.45) is 0.956. The van der Waals surface area contributed by atoms with Gasteiger partial charge in [0.15, 0.2) is 11.7 Å². The van der Waals surface area contributed by atoms with Crippen LogP contribution in [0, 0.1) is 0 Å². The first-order valence-corrected chi connectivity index (χ1v) is 8.65. The fourth-order valence-corrected chi connectivity index (χ4v) is 2.35. The van der Waals surface area contributed by atoms with Gasteiger partial charge in [-0.15, -0.1) is 0 Å². The van der Waals surface area contributed by atoms with Crippen molar-refractivity contribution in [2.24, 2.45) is 27.9 Å². The van der Waals surface area contributed by atoms with Crippen LogP contribution in [0.15, 0.2) is 53.5 Å². The van der Waals surface area contributed by atoms with Crippen molar-refractivity contribution in [3.05, 3.63) is 54.1 Å². The molecular weight excluding hydrogens is 360 g/mol. The van der Waals surface area contributed by atoms with Crippen LogP contribution >= 0.6 is 0 Å². The maximum atomic E-state index is 12.4. The number of hydrogen-bond donors (Lipinski definition) is 5. The Bertz CT molecular complexity index is 850. The van der Waals surface area contributed by atoms with Crippen molar-refractivity contribution in [2.75, 3.05) is 11.9 Å². The standard InChI is InChI=1S/C19H24N6O3/c20-14(7-4-10-24-19(22)23)18(27)25-15-9-8-12(17(21)26)11-16(15)28-13-5-2-1-3-6-13/h1-3,5-6,8-9,11,14H,4,7,10,20H2,(H2,21,26)(H,25,27)(H4,22,23,24)/t14-/m0/s1. The number of amides is 2. The molecule has 2 aromatic carbocycles. The van der Waals surface area contributed by atoms with E-state index in [9.17, 15) is 9.59 Å². The van der Waals surface area contributed by atoms with Crippen molar-refractivity contribution in [3.8, 4) is 11.5 Å². The lowest BCUT2D eigenvalue weighted by atomic mass is 10.1. The fourth-order valence-electron chi connectivity index (χ4n) is 2.35. The van der Waals surface area contributed by atoms with Crippen LogP contribution in [0.2, 0.25) is 0 Å². The van der Waals surface area contributed by atoms with Crippen molar-refractivity contribution < 1.29 is 14.3 Å². The van der Waals surface area contributed by atoms with Gasteiger partial charge in [-0.2, -0.15) is 0 Å². The predicted octanol–water partition coefficient (Wildman–Crippen LogP) is 0.897. The average molecular weight is 384 g/mol. The summed E-state index contributed by atoms with van der Waals surface area (Å²) in [4.78, 5) is 27.7. The molecule has 2 amide bonds. The first-order chi connectivity index (χ1) is 13.4. The van der Waals surface area contributed by atoms with Gasteiger partial charge in [0.05, 0.1) is 11.7 Å². The third-order valence-electron chi connectivity index (χ3n) is 3.80. The molecule has 0 aliphatic carbocycles. The van der Waals surface area contributed by atoms with Crippen LogP contribution in [0.1, 0.15) is 23.2 Å². The Morgan fingerprint density at radius 2 is 1.79 bits per heavy atom. The minimum Gasteiger partial charge on any atom is -0.455 e. The Morgan fingerprint density at radius 3 is 2.43 bits per heavy atom. The Hall–Kier alpha value is -3.59. The number of carbonyl (C=O) groups excluding carboxylic acids is 2. The van der Waals surface area contributed by atoms with E-state index in [4.69, 9.17) is 27.7 Å². The maximum absolute atomic E-state index is 12.4. The molecule has 0 aromatic heterocycles. The number of aliphatic imine (C=N–C) groups is 1. The molecule has 0 saturated carbocycles. The van der Waals surface area contributed by atoms with Crippen molar-refractivity contribution >= 4 is 23.5 Å². The molecule has 2 aromatic rings. The summed E-state index contributed by atoms with van der Waals surface area (Å²) in [5.74, 6) is -0.179. The van der Waals surface area contributed by atoms with E-state index in [0.717, 1.165) is 0 Å². The SMILES string of the molecule is NC(=O)c1ccc(NC(=O)[C@@H](N)CCCN=C(N)N)c(Oc2ccccc2)c1. The molecule has 0 fully saturated rings. The lowest BCUT2D eigenvalue weighted by Gasteiger charge is -2.16. The van der Waals surface area contributed by atoms with Crippen LogP contribution in [0.3, 0.4) is 0 Å². The highest BCUT2D eigenvalue weighted by atomic mass is 16.5. The molecule has 0 bridgehead atoms. The molecule has 148 valence electrons. The van der Waals surface area contributed by atoms with E-state index >= 15 is 0 Å². The van der Waals surface area contributed by atoms with Gasteiger partial charge in [-0.3, -0.25) is 14.6 Å². The molecule has 0 spiro atoms. The normalized spacial score (nSPS) is 11.3. The zero-order chi connectivity index (χ0) is 20.5. The number of nitrogens with zero attached hydrogens (tertiary/aromatic N) is 1. The minimum atomic E-state index is -0.755. The summed E-state index contributed by atoms with van der Waals surface area (Å²) in [7, 11) is 0. The molecule has 1 atom stereocenters. The number of carbonyl (C=O) groups is 2. The van der Waals surface area contributed by atoms with Crippen molar-refractivity contribution in [3.63, 3.8) is 0 Å². The number of primary amides is 1. The number of anilines is 1. The first-order valence-electron chi connectivity index (χ1n) is 8.65. The molecule has 0 radical (unpaired) electrons. The second-order valence-corrected chi connectivity index (χ2v) is 6.03. The third-order valence-corrected chi connectivity index (χ3v) is 3.80. The molecule has 9 N–H and O–H groups in total. The van der Waals surface area contributed by atoms with E-state index in [1.165, 1.54) is 12.1 Å². The lowest BCUT2D eigenvalue weighted by molar-refractivity contribution is -0.117. The summed E-state index contributed by atoms with van der Waals surface area (Å²) in [5.41, 5.74) is 22.4. The number of nitrogens with one attached hydrogen (secondary N) is 1. The Labute approximate surface area is 162 Å². The van der Waals surface area contributed by atoms with E-state index in [2.05, 4.69) is 10.3 Å². The molecule has 28 heavy (non-hydrogen) atoms. The molecule has 9 nitrogen and oxygen atoms in total. The molecule has 0 aliphatic heterocycles. The van der Waals surface area contributed by atoms with Crippen molar-refractivity contribution in [2.45, 2.75) is 18.9 Å². The molecule has 0 heterocycles. The fraction of sp³-hybridized carbons (Fsp3) is 0.211. The molecule has 9 heteroatoms. The Morgan fingerprint density at radius 1 is 1.07 bits per heavy atom. The zero-order valence-electron chi connectivity index (χ0n) is 15.3. The summed E-state index contributed by atoms with van der Waals surface area (Å²) in [6, 6.07) is 12.7. The third kappa shape index (κ3) is 6.29. The van der Waals surface area contributed by atoms with Crippen LogP contribution in [-0.4, -0.2) is 30.4 Å². The number of guanidine groups is 1. The van der Waals surface area contributed by atoms with Crippen LogP contribution in [0.4, 0.5) is 5.69 Å². The van der Waals surface area contributed by atoms with E-state index in [1.807, 2.05) is 6.07 Å². The second-order valence-electron chi connectivity index (χ2n) is 6.03. The Balaban J connectivity index is 2.11. The van der Waals surface area contributed by atoms with Crippen molar-refractivity contribution in [1.29, 1.82) is 0 Å². The number of benzene rings is 2. The van der Waals surface area contributed by atoms with E-state index in [1.54, 1.807) is 30.3 Å². The van der Waals surface area contributed by atoms with Crippen LogP contribution in [0.5, 0.6) is 11.5 Å². The van der Waals surface area contributed by atoms with E-state index in [-0.39, 0.29) is 17.3 Å². The topological polar surface area (TPSA) is 172 Å². The highest BCUT2D eigenvalue weighted by Gasteiger charge is 2.17. The van der Waals surface area contributed by atoms with Crippen LogP contribution < -0.4 is 33.0 Å². The molecule has 0 aliphatic rings. The van der Waals surface area contributed by atoms with Gasteiger partial charge in [0, 0.05) is 12.1 Å². The molecule has 0 saturated heterocycles. The lowest BCUT2D eigenvalue weighted by Crippen LogP contribution is -2.35. The number of ether oxygens (including phenoxy) is 1. The Kier molecular flexibility index (Phi) is 7.35. The van der Waals surface area contributed by atoms with Gasteiger partial charge in [-0.05, 0) is 43.2 Å². The summed E-state index contributed by atoms with van der Waals surface area (Å²) >= 11 is 0. The van der Waals surface area contributed by atoms with Gasteiger partial charge < -0.3 is 33.0 Å². The number of para-hydroxylation sites is 1. The first kappa shape index (κ1) is 20.7. The van der Waals surface area contributed by atoms with Gasteiger partial charge in [0.1, 0.15) is 5.75 Å². The smallest absolute Gasteiger partial charge is 0.248 e. The number of nitrogens with two attached hydrogens (primary N) is 4. The van der Waals surface area contributed by atoms with Gasteiger partial charge in [0.25, 0.3) is 0 Å². The predicted molar refractivity (Wildman–Crippen MR) is 108 cm³/mol. The van der Waals surface area contributed by atoms with Gasteiger partial charge >= 0.3 is 0 Å². The zero-order valence-corrected chi connectivity index (χ0v) is 15.3. The molecular formula is C19H24N6O3. The summed E-state index contributed by atoms with van der Waals surface area (Å²) < 4.78 is 5.80. The van der Waals surface area contributed by atoms with Crippen LogP contribution in [0.25, 0.3) is 0 Å². The monoisotopic (exact) mass is 384 g/mol. The van der Waals surface area contributed by atoms with E-state index in [0.29, 0.717) is 30.8 Å². The van der Waals surface area contributed by atoms with Crippen molar-refractivity contribution in [1.82, 2.24) is 0 Å². The number of rotatable bonds is 9. The van der Waals surface area contributed by atoms with Crippen LogP contribution in [-0.2, 0) is 4.79 Å². The largest absolute Gasteiger partial charge is 0.455 e. The highest BCUT2D eigenvalue weighted by molar-refractivity contribution is 5.98. The quantitative estimate of drug-likeness (QED) is 0.244. The minimum absolute atomic E-state index is 0.00438. The molecule has 0 unspecified atom stereocenters. The van der Waals surface area contributed by atoms with E-state index < -0.39 is 17.9 Å². The molecule has 2 rings (SSSR count). The van der Waals surface area contributed by atoms with Gasteiger partial charge in [0.2, 0.25) is 11.8 Å². The van der Waals surface area contributed by atoms with Gasteiger partial charge in [-0.1, -0.05) is 18.2 Å². The second kappa shape index (κ2) is 9.93. The number of hydrogen-bond acceptors (Lipinski definition) is 5. The summed E-state index contributed by atoms with van der Waals surface area (Å²) in [6.45, 7) is 0.388. The summed E-state index contributed by atoms with van der Waals surface area (Å²) in [5, 5.41) is 2.72.